The van der Waals surface area contributed by atoms with Crippen LogP contribution in [0.2, 0.25) is 0 Å². The molecule has 0 aliphatic carbocycles. The van der Waals surface area contributed by atoms with Crippen LogP contribution in [0, 0.1) is 0 Å². The van der Waals surface area contributed by atoms with Gasteiger partial charge in [0.1, 0.15) is 0 Å². The molecule has 0 saturated carbocycles. The Hall–Kier alpha value is -3.85. The molecule has 35 heavy (non-hydrogen) atoms. The highest BCUT2D eigenvalue weighted by Gasteiger charge is 2.19. The number of amides is 2. The summed E-state index contributed by atoms with van der Waals surface area (Å²) in [6, 6.07) is 12.7. The van der Waals surface area contributed by atoms with E-state index in [1.54, 1.807) is 35.6 Å². The highest BCUT2D eigenvalue weighted by atomic mass is 16.5. The van der Waals surface area contributed by atoms with Crippen molar-refractivity contribution in [3.63, 3.8) is 0 Å². The van der Waals surface area contributed by atoms with Gasteiger partial charge in [-0.15, -0.1) is 0 Å². The summed E-state index contributed by atoms with van der Waals surface area (Å²) in [4.78, 5) is 31.1. The predicted octanol–water partition coefficient (Wildman–Crippen LogP) is 3.00. The molecule has 4 rings (SSSR count). The number of nitrogens with one attached hydrogen (secondary N) is 1. The first-order valence-corrected chi connectivity index (χ1v) is 11.7. The van der Waals surface area contributed by atoms with Gasteiger partial charge in [-0.1, -0.05) is 12.1 Å². The molecule has 1 aliphatic heterocycles. The number of hydrogen-bond donors (Lipinski definition) is 1. The van der Waals surface area contributed by atoms with Crippen LogP contribution in [0.1, 0.15) is 35.8 Å². The van der Waals surface area contributed by atoms with Crippen LogP contribution in [-0.2, 0) is 9.53 Å². The third-order valence-corrected chi connectivity index (χ3v) is 5.76. The number of imidazole rings is 1. The maximum Gasteiger partial charge on any atom is 0.260 e. The zero-order valence-corrected chi connectivity index (χ0v) is 20.0. The minimum Gasteiger partial charge on any atom is -0.490 e. The van der Waals surface area contributed by atoms with Crippen molar-refractivity contribution >= 4 is 11.8 Å². The Morgan fingerprint density at radius 2 is 1.86 bits per heavy atom. The van der Waals surface area contributed by atoms with Crippen LogP contribution in [0.5, 0.6) is 11.5 Å². The number of ether oxygens (including phenoxy) is 3. The van der Waals surface area contributed by atoms with Gasteiger partial charge < -0.3 is 29.0 Å². The van der Waals surface area contributed by atoms with Crippen LogP contribution in [-0.4, -0.2) is 65.8 Å². The van der Waals surface area contributed by atoms with E-state index < -0.39 is 0 Å². The van der Waals surface area contributed by atoms with Crippen molar-refractivity contribution in [2.75, 3.05) is 39.5 Å². The molecule has 1 aromatic heterocycles. The van der Waals surface area contributed by atoms with Gasteiger partial charge >= 0.3 is 0 Å². The summed E-state index contributed by atoms with van der Waals surface area (Å²) >= 11 is 0. The predicted molar refractivity (Wildman–Crippen MR) is 130 cm³/mol. The Bertz CT molecular complexity index is 1130. The van der Waals surface area contributed by atoms with Crippen molar-refractivity contribution in [2.45, 2.75) is 19.9 Å². The molecule has 2 heterocycles. The molecule has 3 aromatic rings. The second-order valence-corrected chi connectivity index (χ2v) is 8.13. The molecule has 9 heteroatoms. The van der Waals surface area contributed by atoms with E-state index in [1.165, 1.54) is 0 Å². The largest absolute Gasteiger partial charge is 0.490 e. The molecule has 1 N–H and O–H groups in total. The van der Waals surface area contributed by atoms with E-state index in [1.807, 2.05) is 48.9 Å². The van der Waals surface area contributed by atoms with Gasteiger partial charge in [-0.2, -0.15) is 0 Å². The van der Waals surface area contributed by atoms with E-state index in [2.05, 4.69) is 10.3 Å². The standard InChI is InChI=1S/C26H30N4O5/c1-3-34-24-16-21(6-9-23(24)35-17-25(31)29-12-14-33-15-13-29)26(32)28-19(2)20-4-7-22(8-5-20)30-11-10-27-18-30/h4-11,16,18-19H,3,12-15,17H2,1-2H3,(H,28,32)/t19-/m0/s1. The second kappa shape index (κ2) is 11.5. The van der Waals surface area contributed by atoms with E-state index in [-0.39, 0.29) is 24.5 Å². The maximum absolute atomic E-state index is 12.9. The summed E-state index contributed by atoms with van der Waals surface area (Å²) < 4.78 is 18.6. The van der Waals surface area contributed by atoms with Gasteiger partial charge in [0.25, 0.3) is 11.8 Å². The number of morpholine rings is 1. The van der Waals surface area contributed by atoms with Crippen molar-refractivity contribution in [2.24, 2.45) is 0 Å². The van der Waals surface area contributed by atoms with Crippen molar-refractivity contribution in [1.29, 1.82) is 0 Å². The number of hydrogen-bond acceptors (Lipinski definition) is 6. The minimum absolute atomic E-state index is 0.0995. The Labute approximate surface area is 204 Å². The molecule has 1 fully saturated rings. The fourth-order valence-corrected chi connectivity index (χ4v) is 3.79. The highest BCUT2D eigenvalue weighted by molar-refractivity contribution is 5.95. The second-order valence-electron chi connectivity index (χ2n) is 8.13. The molecule has 1 aliphatic rings. The lowest BCUT2D eigenvalue weighted by Crippen LogP contribution is -2.43. The molecule has 0 spiro atoms. The topological polar surface area (TPSA) is 94.9 Å². The van der Waals surface area contributed by atoms with Crippen molar-refractivity contribution in [1.82, 2.24) is 19.8 Å². The zero-order valence-electron chi connectivity index (χ0n) is 20.0. The molecule has 0 radical (unpaired) electrons. The smallest absolute Gasteiger partial charge is 0.260 e. The lowest BCUT2D eigenvalue weighted by atomic mass is 10.1. The quantitative estimate of drug-likeness (QED) is 0.508. The lowest BCUT2D eigenvalue weighted by molar-refractivity contribution is -0.137. The van der Waals surface area contributed by atoms with Crippen LogP contribution in [0.15, 0.2) is 61.2 Å². The average Bonchev–Trinajstić information content (AvgIpc) is 3.43. The number of carbonyl (C=O) groups is 2. The van der Waals surface area contributed by atoms with Crippen molar-refractivity contribution in [3.05, 3.63) is 72.3 Å². The fraction of sp³-hybridized carbons (Fsp3) is 0.346. The van der Waals surface area contributed by atoms with Gasteiger partial charge in [0, 0.05) is 36.7 Å². The van der Waals surface area contributed by atoms with Crippen LogP contribution in [0.4, 0.5) is 0 Å². The van der Waals surface area contributed by atoms with Crippen LogP contribution in [0.3, 0.4) is 0 Å². The zero-order chi connectivity index (χ0) is 24.6. The van der Waals surface area contributed by atoms with Gasteiger partial charge in [-0.25, -0.2) is 4.98 Å². The number of carbonyl (C=O) groups excluding carboxylic acids is 2. The summed E-state index contributed by atoms with van der Waals surface area (Å²) in [7, 11) is 0. The average molecular weight is 479 g/mol. The van der Waals surface area contributed by atoms with E-state index in [9.17, 15) is 9.59 Å². The Balaban J connectivity index is 1.38. The first-order valence-electron chi connectivity index (χ1n) is 11.7. The van der Waals surface area contributed by atoms with E-state index in [0.717, 1.165) is 11.3 Å². The SMILES string of the molecule is CCOc1cc(C(=O)N[C@@H](C)c2ccc(-n3ccnc3)cc2)ccc1OCC(=O)N1CCOCC1. The first kappa shape index (κ1) is 24.3. The lowest BCUT2D eigenvalue weighted by Gasteiger charge is -2.26. The van der Waals surface area contributed by atoms with Crippen molar-refractivity contribution < 1.29 is 23.8 Å². The summed E-state index contributed by atoms with van der Waals surface area (Å²) in [5.74, 6) is 0.513. The third kappa shape index (κ3) is 6.19. The molecule has 1 atom stereocenters. The highest BCUT2D eigenvalue weighted by Crippen LogP contribution is 2.29. The van der Waals surface area contributed by atoms with E-state index in [4.69, 9.17) is 14.2 Å². The summed E-state index contributed by atoms with van der Waals surface area (Å²) in [5, 5.41) is 3.02. The maximum atomic E-state index is 12.9. The molecule has 9 nitrogen and oxygen atoms in total. The van der Waals surface area contributed by atoms with Gasteiger partial charge in [-0.3, -0.25) is 9.59 Å². The minimum atomic E-state index is -0.229. The van der Waals surface area contributed by atoms with Crippen molar-refractivity contribution in [3.8, 4) is 17.2 Å². The molecular formula is C26H30N4O5. The summed E-state index contributed by atoms with van der Waals surface area (Å²) in [5.41, 5.74) is 2.42. The van der Waals surface area contributed by atoms with E-state index >= 15 is 0 Å². The first-order chi connectivity index (χ1) is 17.0. The van der Waals surface area contributed by atoms with Gasteiger partial charge in [0.05, 0.1) is 32.2 Å². The van der Waals surface area contributed by atoms with Gasteiger partial charge in [-0.05, 0) is 49.7 Å². The number of aromatic nitrogens is 2. The Kier molecular flexibility index (Phi) is 7.99. The van der Waals surface area contributed by atoms with E-state index in [0.29, 0.717) is 50.0 Å². The molecule has 2 aromatic carbocycles. The van der Waals surface area contributed by atoms with Crippen LogP contribution < -0.4 is 14.8 Å². The molecule has 1 saturated heterocycles. The fourth-order valence-electron chi connectivity index (χ4n) is 3.79. The monoisotopic (exact) mass is 478 g/mol. The number of rotatable bonds is 9. The van der Waals surface area contributed by atoms with Crippen LogP contribution in [0.25, 0.3) is 5.69 Å². The Morgan fingerprint density at radius 1 is 1.09 bits per heavy atom. The summed E-state index contributed by atoms with van der Waals surface area (Å²) in [6.45, 7) is 6.28. The number of benzene rings is 2. The normalized spacial score (nSPS) is 14.3. The van der Waals surface area contributed by atoms with Gasteiger partial charge in [0.2, 0.25) is 0 Å². The molecular weight excluding hydrogens is 448 g/mol. The van der Waals surface area contributed by atoms with Gasteiger partial charge in [0.15, 0.2) is 18.1 Å². The van der Waals surface area contributed by atoms with Crippen LogP contribution >= 0.6 is 0 Å². The molecule has 2 amide bonds. The molecule has 0 unspecified atom stereocenters. The third-order valence-electron chi connectivity index (χ3n) is 5.76. The molecule has 184 valence electrons. The summed E-state index contributed by atoms with van der Waals surface area (Å²) in [6.07, 6.45) is 5.34. The number of nitrogens with zero attached hydrogens (tertiary/aromatic N) is 3. The molecule has 0 bridgehead atoms. The Morgan fingerprint density at radius 3 is 2.54 bits per heavy atom.